The van der Waals surface area contributed by atoms with E-state index in [0.29, 0.717) is 0 Å². The Morgan fingerprint density at radius 3 is 3.00 bits per heavy atom. The normalized spacial score (nSPS) is 29.5. The number of aromatic nitrogens is 1. The largest absolute Gasteiger partial charge is 0.312 e. The molecule has 0 aromatic carbocycles. The second-order valence-corrected chi connectivity index (χ2v) is 6.69. The topological polar surface area (TPSA) is 28.2 Å². The van der Waals surface area contributed by atoms with Crippen molar-refractivity contribution in [2.75, 3.05) is 19.6 Å². The fraction of sp³-hybridized carbons (Fsp3) is 0.769. The summed E-state index contributed by atoms with van der Waals surface area (Å²) >= 11 is 1.86. The number of fused-ring (bicyclic) bond motifs is 1. The van der Waals surface area contributed by atoms with Gasteiger partial charge >= 0.3 is 0 Å². The van der Waals surface area contributed by atoms with Gasteiger partial charge in [0.05, 0.1) is 12.2 Å². The van der Waals surface area contributed by atoms with Gasteiger partial charge in [-0.2, -0.15) is 0 Å². The first kappa shape index (κ1) is 11.6. The highest BCUT2D eigenvalue weighted by atomic mass is 32.1. The zero-order valence-electron chi connectivity index (χ0n) is 10.7. The number of rotatable bonds is 2. The lowest BCUT2D eigenvalue weighted by molar-refractivity contribution is 0.312. The molecule has 0 amide bonds. The molecule has 94 valence electrons. The van der Waals surface area contributed by atoms with Gasteiger partial charge in [0.25, 0.3) is 0 Å². The first-order chi connectivity index (χ1) is 8.22. The van der Waals surface area contributed by atoms with Crippen LogP contribution in [0.1, 0.15) is 28.4 Å². The van der Waals surface area contributed by atoms with Crippen molar-refractivity contribution in [3.05, 3.63) is 15.6 Å². The summed E-state index contributed by atoms with van der Waals surface area (Å²) in [6, 6.07) is 0.742. The van der Waals surface area contributed by atoms with Gasteiger partial charge in [-0.1, -0.05) is 0 Å². The van der Waals surface area contributed by atoms with Crippen molar-refractivity contribution in [3.8, 4) is 0 Å². The van der Waals surface area contributed by atoms with Crippen LogP contribution in [-0.2, 0) is 6.54 Å². The number of thiazole rings is 1. The van der Waals surface area contributed by atoms with Crippen LogP contribution in [0.2, 0.25) is 0 Å². The van der Waals surface area contributed by atoms with Crippen molar-refractivity contribution in [1.29, 1.82) is 0 Å². The van der Waals surface area contributed by atoms with E-state index >= 15 is 0 Å². The maximum Gasteiger partial charge on any atom is 0.107 e. The zero-order chi connectivity index (χ0) is 11.8. The minimum absolute atomic E-state index is 0.742. The third-order valence-corrected chi connectivity index (χ3v) is 5.16. The highest BCUT2D eigenvalue weighted by Gasteiger charge is 2.34. The summed E-state index contributed by atoms with van der Waals surface area (Å²) < 4.78 is 0. The Kier molecular flexibility index (Phi) is 3.19. The molecule has 4 heteroatoms. The van der Waals surface area contributed by atoms with Gasteiger partial charge in [-0.3, -0.25) is 4.90 Å². The van der Waals surface area contributed by atoms with Gasteiger partial charge in [-0.05, 0) is 39.2 Å². The molecule has 2 aliphatic heterocycles. The third-order valence-electron chi connectivity index (χ3n) is 4.11. The molecular formula is C13H21N3S. The van der Waals surface area contributed by atoms with Gasteiger partial charge in [0, 0.05) is 24.0 Å². The van der Waals surface area contributed by atoms with Crippen molar-refractivity contribution in [3.63, 3.8) is 0 Å². The van der Waals surface area contributed by atoms with E-state index in [1.165, 1.54) is 48.1 Å². The molecule has 3 rings (SSSR count). The Morgan fingerprint density at radius 1 is 1.41 bits per heavy atom. The fourth-order valence-electron chi connectivity index (χ4n) is 3.06. The minimum Gasteiger partial charge on any atom is -0.312 e. The summed E-state index contributed by atoms with van der Waals surface area (Å²) in [6.45, 7) is 9.01. The first-order valence-electron chi connectivity index (χ1n) is 6.61. The molecule has 0 saturated carbocycles. The molecule has 0 spiro atoms. The van der Waals surface area contributed by atoms with E-state index in [1.807, 2.05) is 11.3 Å². The number of hydrogen-bond donors (Lipinski definition) is 1. The maximum atomic E-state index is 4.65. The monoisotopic (exact) mass is 251 g/mol. The van der Waals surface area contributed by atoms with Crippen molar-refractivity contribution < 1.29 is 0 Å². The SMILES string of the molecule is Cc1nc(CN2C[C@@H]3CCCN[C@@H]3C2)sc1C. The molecule has 1 aromatic rings. The van der Waals surface area contributed by atoms with E-state index in [9.17, 15) is 0 Å². The van der Waals surface area contributed by atoms with Gasteiger partial charge in [-0.25, -0.2) is 4.98 Å². The van der Waals surface area contributed by atoms with Crippen LogP contribution in [0, 0.1) is 19.8 Å². The van der Waals surface area contributed by atoms with Crippen molar-refractivity contribution in [2.24, 2.45) is 5.92 Å². The second kappa shape index (κ2) is 4.67. The molecular weight excluding hydrogens is 230 g/mol. The average molecular weight is 251 g/mol. The van der Waals surface area contributed by atoms with E-state index in [1.54, 1.807) is 0 Å². The zero-order valence-corrected chi connectivity index (χ0v) is 11.5. The number of nitrogens with zero attached hydrogens (tertiary/aromatic N) is 2. The second-order valence-electron chi connectivity index (χ2n) is 5.41. The summed E-state index contributed by atoms with van der Waals surface area (Å²) in [5, 5.41) is 4.95. The Morgan fingerprint density at radius 2 is 2.29 bits per heavy atom. The third kappa shape index (κ3) is 2.39. The molecule has 0 unspecified atom stereocenters. The van der Waals surface area contributed by atoms with Crippen LogP contribution in [0.3, 0.4) is 0 Å². The molecule has 0 aliphatic carbocycles. The molecule has 2 saturated heterocycles. The molecule has 3 heterocycles. The van der Waals surface area contributed by atoms with E-state index in [4.69, 9.17) is 0 Å². The predicted octanol–water partition coefficient (Wildman–Crippen LogP) is 1.94. The van der Waals surface area contributed by atoms with Crippen molar-refractivity contribution in [2.45, 2.75) is 39.3 Å². The summed E-state index contributed by atoms with van der Waals surface area (Å²) in [5.74, 6) is 0.880. The van der Waals surface area contributed by atoms with Crippen LogP contribution >= 0.6 is 11.3 Å². The first-order valence-corrected chi connectivity index (χ1v) is 7.42. The van der Waals surface area contributed by atoms with E-state index in [0.717, 1.165) is 18.5 Å². The fourth-order valence-corrected chi connectivity index (χ4v) is 4.04. The molecule has 2 fully saturated rings. The van der Waals surface area contributed by atoms with Gasteiger partial charge in [0.15, 0.2) is 0 Å². The van der Waals surface area contributed by atoms with Crippen LogP contribution in [-0.4, -0.2) is 35.6 Å². The van der Waals surface area contributed by atoms with Crippen LogP contribution in [0.5, 0.6) is 0 Å². The Hall–Kier alpha value is -0.450. The highest BCUT2D eigenvalue weighted by Crippen LogP contribution is 2.27. The standard InChI is InChI=1S/C13H21N3S/c1-9-10(2)17-13(15-9)8-16-6-11-4-3-5-14-12(11)7-16/h11-12,14H,3-8H2,1-2H3/t11-,12+/m0/s1. The molecule has 3 nitrogen and oxygen atoms in total. The van der Waals surface area contributed by atoms with Crippen LogP contribution in [0.4, 0.5) is 0 Å². The average Bonchev–Trinajstić information content (AvgIpc) is 2.83. The molecule has 0 radical (unpaired) electrons. The number of aryl methyl sites for hydroxylation is 2. The van der Waals surface area contributed by atoms with E-state index < -0.39 is 0 Å². The van der Waals surface area contributed by atoms with E-state index in [-0.39, 0.29) is 0 Å². The molecule has 0 bridgehead atoms. The summed E-state index contributed by atoms with van der Waals surface area (Å²) in [7, 11) is 0. The molecule has 2 aliphatic rings. The smallest absolute Gasteiger partial charge is 0.107 e. The Balaban J connectivity index is 1.63. The minimum atomic E-state index is 0.742. The summed E-state index contributed by atoms with van der Waals surface area (Å²) in [5.41, 5.74) is 1.21. The van der Waals surface area contributed by atoms with Crippen molar-refractivity contribution >= 4 is 11.3 Å². The van der Waals surface area contributed by atoms with Crippen LogP contribution < -0.4 is 5.32 Å². The summed E-state index contributed by atoms with van der Waals surface area (Å²) in [4.78, 5) is 8.59. The molecule has 2 atom stereocenters. The van der Waals surface area contributed by atoms with E-state index in [2.05, 4.69) is 29.0 Å². The Bertz CT molecular complexity index is 368. The quantitative estimate of drug-likeness (QED) is 0.871. The number of likely N-dealkylation sites (tertiary alicyclic amines) is 1. The van der Waals surface area contributed by atoms with Gasteiger partial charge in [0.2, 0.25) is 0 Å². The lowest BCUT2D eigenvalue weighted by atomic mass is 9.94. The lowest BCUT2D eigenvalue weighted by Crippen LogP contribution is -2.40. The maximum absolute atomic E-state index is 4.65. The molecule has 1 aromatic heterocycles. The number of hydrogen-bond acceptors (Lipinski definition) is 4. The number of nitrogens with one attached hydrogen (secondary N) is 1. The van der Waals surface area contributed by atoms with Gasteiger partial charge in [0.1, 0.15) is 5.01 Å². The van der Waals surface area contributed by atoms with Crippen LogP contribution in [0.15, 0.2) is 0 Å². The Labute approximate surface area is 107 Å². The van der Waals surface area contributed by atoms with Crippen LogP contribution in [0.25, 0.3) is 0 Å². The molecule has 1 N–H and O–H groups in total. The highest BCUT2D eigenvalue weighted by molar-refractivity contribution is 7.11. The van der Waals surface area contributed by atoms with Gasteiger partial charge < -0.3 is 5.32 Å². The number of piperidine rings is 1. The summed E-state index contributed by atoms with van der Waals surface area (Å²) in [6.07, 6.45) is 2.76. The lowest BCUT2D eigenvalue weighted by Gasteiger charge is -2.24. The predicted molar refractivity (Wildman–Crippen MR) is 71.4 cm³/mol. The molecule has 17 heavy (non-hydrogen) atoms. The van der Waals surface area contributed by atoms with Gasteiger partial charge in [-0.15, -0.1) is 11.3 Å². The van der Waals surface area contributed by atoms with Crippen molar-refractivity contribution in [1.82, 2.24) is 15.2 Å².